The summed E-state index contributed by atoms with van der Waals surface area (Å²) in [5.41, 5.74) is 2.69. The number of hydrogen-bond donors (Lipinski definition) is 1. The summed E-state index contributed by atoms with van der Waals surface area (Å²) in [5.74, 6) is 1.08. The summed E-state index contributed by atoms with van der Waals surface area (Å²) in [5, 5.41) is 14.9. The van der Waals surface area contributed by atoms with E-state index in [4.69, 9.17) is 16.3 Å². The lowest BCUT2D eigenvalue weighted by atomic mass is 10.2. The first-order chi connectivity index (χ1) is 16.4. The molecule has 178 valence electrons. The molecule has 0 unspecified atom stereocenters. The van der Waals surface area contributed by atoms with Crippen molar-refractivity contribution in [2.75, 3.05) is 24.5 Å². The minimum absolute atomic E-state index is 0.0658. The molecule has 1 N–H and O–H groups in total. The molecule has 34 heavy (non-hydrogen) atoms. The topological polar surface area (TPSA) is 87.9 Å². The number of aryl methyl sites for hydroxylation is 1. The molecule has 0 saturated carbocycles. The van der Waals surface area contributed by atoms with Gasteiger partial charge in [0.2, 0.25) is 5.91 Å². The van der Waals surface area contributed by atoms with Gasteiger partial charge in [0, 0.05) is 48.4 Å². The highest BCUT2D eigenvalue weighted by Crippen LogP contribution is 2.26. The number of carbonyl (C=O) groups is 2. The summed E-state index contributed by atoms with van der Waals surface area (Å²) in [6.45, 7) is 3.84. The first-order valence-electron chi connectivity index (χ1n) is 11.2. The maximum Gasteiger partial charge on any atom is 0.413 e. The van der Waals surface area contributed by atoms with Crippen molar-refractivity contribution in [2.24, 2.45) is 0 Å². The molecule has 0 spiro atoms. The van der Waals surface area contributed by atoms with Crippen molar-refractivity contribution in [2.45, 2.75) is 32.9 Å². The summed E-state index contributed by atoms with van der Waals surface area (Å²) in [7, 11) is 0. The highest BCUT2D eigenvalue weighted by atomic mass is 35.5. The zero-order chi connectivity index (χ0) is 24.1. The fourth-order valence-electron chi connectivity index (χ4n) is 3.96. The van der Waals surface area contributed by atoms with Crippen molar-refractivity contribution in [1.29, 1.82) is 0 Å². The molecular formula is C25H27ClN4O4. The van der Waals surface area contributed by atoms with Crippen LogP contribution in [0.25, 0.3) is 0 Å². The minimum Gasteiger partial charge on any atom is -0.489 e. The van der Waals surface area contributed by atoms with Gasteiger partial charge in [-0.3, -0.25) is 14.4 Å². The molecule has 1 fully saturated rings. The Morgan fingerprint density at radius 2 is 2.00 bits per heavy atom. The van der Waals surface area contributed by atoms with Gasteiger partial charge in [-0.25, -0.2) is 4.79 Å². The minimum atomic E-state index is -1.11. The van der Waals surface area contributed by atoms with Crippen LogP contribution in [0.5, 0.6) is 5.75 Å². The predicted octanol–water partition coefficient (Wildman–Crippen LogP) is 4.58. The number of rotatable bonds is 9. The molecular weight excluding hydrogens is 456 g/mol. The monoisotopic (exact) mass is 482 g/mol. The van der Waals surface area contributed by atoms with Gasteiger partial charge in [0.1, 0.15) is 12.4 Å². The van der Waals surface area contributed by atoms with Crippen molar-refractivity contribution in [1.82, 2.24) is 14.7 Å². The number of ether oxygens (including phenoxy) is 1. The zero-order valence-corrected chi connectivity index (χ0v) is 19.7. The van der Waals surface area contributed by atoms with Crippen LogP contribution in [0, 0.1) is 6.92 Å². The lowest BCUT2D eigenvalue weighted by molar-refractivity contribution is -0.127. The maximum atomic E-state index is 11.9. The number of likely N-dealkylation sites (tertiary alicyclic amines) is 1. The summed E-state index contributed by atoms with van der Waals surface area (Å²) < 4.78 is 7.78. The molecule has 0 atom stereocenters. The Morgan fingerprint density at radius 3 is 2.71 bits per heavy atom. The fraction of sp³-hybridized carbons (Fsp3) is 0.320. The van der Waals surface area contributed by atoms with E-state index < -0.39 is 6.09 Å². The molecule has 1 aromatic heterocycles. The number of halogens is 1. The Kier molecular flexibility index (Phi) is 7.37. The smallest absolute Gasteiger partial charge is 0.413 e. The largest absolute Gasteiger partial charge is 0.489 e. The number of benzene rings is 2. The van der Waals surface area contributed by atoms with Gasteiger partial charge in [-0.05, 0) is 37.1 Å². The summed E-state index contributed by atoms with van der Waals surface area (Å²) in [4.78, 5) is 26.7. The average Bonchev–Trinajstić information content (AvgIpc) is 3.39. The van der Waals surface area contributed by atoms with E-state index in [1.54, 1.807) is 21.7 Å². The second-order valence-corrected chi connectivity index (χ2v) is 8.68. The lowest BCUT2D eigenvalue weighted by Crippen LogP contribution is -2.38. The van der Waals surface area contributed by atoms with E-state index in [1.165, 1.54) is 4.90 Å². The standard InChI is InChI=1S/C25H27ClN4O4/c1-18-14-23(29(25(32)33)13-12-28-11-5-8-24(28)31)27-30(18)16-20-15-21(26)9-10-22(20)34-17-19-6-3-2-4-7-19/h2-4,6-7,9-10,14-15H,5,8,11-13,16-17H2,1H3,(H,32,33). The van der Waals surface area contributed by atoms with Crippen molar-refractivity contribution < 1.29 is 19.4 Å². The summed E-state index contributed by atoms with van der Waals surface area (Å²) >= 11 is 6.25. The number of carboxylic acid groups (broad SMARTS) is 1. The van der Waals surface area contributed by atoms with Crippen LogP contribution in [0.2, 0.25) is 5.02 Å². The van der Waals surface area contributed by atoms with E-state index in [2.05, 4.69) is 5.10 Å². The third kappa shape index (κ3) is 5.69. The van der Waals surface area contributed by atoms with E-state index in [-0.39, 0.29) is 12.5 Å². The maximum absolute atomic E-state index is 11.9. The van der Waals surface area contributed by atoms with Gasteiger partial charge in [-0.1, -0.05) is 41.9 Å². The van der Waals surface area contributed by atoms with Crippen molar-refractivity contribution in [3.8, 4) is 5.75 Å². The van der Waals surface area contributed by atoms with Crippen molar-refractivity contribution in [3.63, 3.8) is 0 Å². The van der Waals surface area contributed by atoms with Gasteiger partial charge in [0.15, 0.2) is 5.82 Å². The molecule has 0 bridgehead atoms. The van der Waals surface area contributed by atoms with E-state index in [1.807, 2.05) is 49.4 Å². The summed E-state index contributed by atoms with van der Waals surface area (Å²) in [6.07, 6.45) is 0.231. The van der Waals surface area contributed by atoms with Gasteiger partial charge in [-0.15, -0.1) is 0 Å². The lowest BCUT2D eigenvalue weighted by Gasteiger charge is -2.21. The van der Waals surface area contributed by atoms with Gasteiger partial charge in [0.05, 0.1) is 6.54 Å². The number of nitrogens with zero attached hydrogens (tertiary/aromatic N) is 4. The molecule has 2 aromatic carbocycles. The van der Waals surface area contributed by atoms with Crippen LogP contribution in [0.3, 0.4) is 0 Å². The Hall–Kier alpha value is -3.52. The Bertz CT molecular complexity index is 1160. The van der Waals surface area contributed by atoms with Gasteiger partial charge >= 0.3 is 6.09 Å². The number of hydrogen-bond acceptors (Lipinski definition) is 4. The molecule has 0 aliphatic carbocycles. The number of aromatic nitrogens is 2. The van der Waals surface area contributed by atoms with Crippen LogP contribution < -0.4 is 9.64 Å². The fourth-order valence-corrected chi connectivity index (χ4v) is 4.16. The highest BCUT2D eigenvalue weighted by Gasteiger charge is 2.24. The Labute approximate surface area is 203 Å². The zero-order valence-electron chi connectivity index (χ0n) is 19.0. The molecule has 1 aliphatic heterocycles. The predicted molar refractivity (Wildman–Crippen MR) is 129 cm³/mol. The molecule has 8 nitrogen and oxygen atoms in total. The molecule has 1 aliphatic rings. The van der Waals surface area contributed by atoms with E-state index in [0.717, 1.165) is 23.2 Å². The highest BCUT2D eigenvalue weighted by molar-refractivity contribution is 6.30. The Balaban J connectivity index is 1.50. The normalized spacial score (nSPS) is 13.4. The molecule has 2 heterocycles. The van der Waals surface area contributed by atoms with Crippen molar-refractivity contribution in [3.05, 3.63) is 76.4 Å². The molecule has 2 amide bonds. The van der Waals surface area contributed by atoms with Crippen LogP contribution >= 0.6 is 11.6 Å². The first kappa shape index (κ1) is 23.6. The SMILES string of the molecule is Cc1cc(N(CCN2CCCC2=O)C(=O)O)nn1Cc1cc(Cl)ccc1OCc1ccccc1. The number of amides is 2. The molecule has 3 aromatic rings. The quantitative estimate of drug-likeness (QED) is 0.482. The van der Waals surface area contributed by atoms with Gasteiger partial charge in [-0.2, -0.15) is 5.10 Å². The number of anilines is 1. The van der Waals surface area contributed by atoms with Gasteiger partial charge in [0.25, 0.3) is 0 Å². The van der Waals surface area contributed by atoms with Crippen molar-refractivity contribution >= 4 is 29.4 Å². The summed E-state index contributed by atoms with van der Waals surface area (Å²) in [6, 6.07) is 17.0. The van der Waals surface area contributed by atoms with Crippen LogP contribution in [-0.4, -0.2) is 51.4 Å². The van der Waals surface area contributed by atoms with Crippen LogP contribution in [0.15, 0.2) is 54.6 Å². The molecule has 4 rings (SSSR count). The third-order valence-electron chi connectivity index (χ3n) is 5.82. The van der Waals surface area contributed by atoms with Crippen LogP contribution in [0.4, 0.5) is 10.6 Å². The second kappa shape index (κ2) is 10.6. The molecule has 9 heteroatoms. The van der Waals surface area contributed by atoms with Gasteiger partial charge < -0.3 is 14.7 Å². The molecule has 1 saturated heterocycles. The third-order valence-corrected chi connectivity index (χ3v) is 6.06. The average molecular weight is 483 g/mol. The second-order valence-electron chi connectivity index (χ2n) is 8.25. The van der Waals surface area contributed by atoms with E-state index in [9.17, 15) is 14.7 Å². The van der Waals surface area contributed by atoms with Crippen LogP contribution in [0.1, 0.15) is 29.7 Å². The molecule has 0 radical (unpaired) electrons. The Morgan fingerprint density at radius 1 is 1.21 bits per heavy atom. The van der Waals surface area contributed by atoms with E-state index in [0.29, 0.717) is 49.3 Å². The van der Waals surface area contributed by atoms with E-state index >= 15 is 0 Å². The number of carbonyl (C=O) groups excluding carboxylic acids is 1. The first-order valence-corrected chi connectivity index (χ1v) is 11.6. The van der Waals surface area contributed by atoms with Crippen LogP contribution in [-0.2, 0) is 17.9 Å².